The molecule has 3 atom stereocenters. The van der Waals surface area contributed by atoms with Crippen molar-refractivity contribution in [2.45, 2.75) is 12.2 Å². The summed E-state index contributed by atoms with van der Waals surface area (Å²) in [4.78, 5) is 31.9. The quantitative estimate of drug-likeness (QED) is 0.355. The number of hydrogen-bond donors (Lipinski definition) is 1. The van der Waals surface area contributed by atoms with Gasteiger partial charge in [0, 0.05) is 18.2 Å². The summed E-state index contributed by atoms with van der Waals surface area (Å²) in [6.07, 6.45) is -0.589. The smallest absolute Gasteiger partial charge is 0.244 e. The van der Waals surface area contributed by atoms with E-state index in [2.05, 4.69) is 10.2 Å². The summed E-state index contributed by atoms with van der Waals surface area (Å²) in [7, 11) is 1.56. The maximum Gasteiger partial charge on any atom is 0.244 e. The minimum absolute atomic E-state index is 0.299. The van der Waals surface area contributed by atoms with Crippen molar-refractivity contribution < 1.29 is 19.1 Å². The second kappa shape index (κ2) is 8.13. The summed E-state index contributed by atoms with van der Waals surface area (Å²) in [5.74, 6) is 0.795. The predicted octanol–water partition coefficient (Wildman–Crippen LogP) is 5.55. The molecule has 182 valence electrons. The van der Waals surface area contributed by atoms with Crippen LogP contribution in [0.1, 0.15) is 23.3 Å². The lowest BCUT2D eigenvalue weighted by molar-refractivity contribution is -0.136. The van der Waals surface area contributed by atoms with Gasteiger partial charge in [-0.2, -0.15) is 0 Å². The number of nitrogens with zero attached hydrogens (tertiary/aromatic N) is 2. The van der Waals surface area contributed by atoms with Gasteiger partial charge in [0.25, 0.3) is 0 Å². The molecule has 0 spiro atoms. The Bertz CT molecular complexity index is 1570. The van der Waals surface area contributed by atoms with Crippen LogP contribution in [0.5, 0.6) is 23.0 Å². The molecule has 2 amide bonds. The molecule has 7 rings (SSSR count). The molecule has 1 fully saturated rings. The molecule has 7 nitrogen and oxygen atoms in total. The van der Waals surface area contributed by atoms with Crippen LogP contribution < -0.4 is 24.6 Å². The molecule has 3 unspecified atom stereocenters. The molecular formula is C30H23N3O4. The van der Waals surface area contributed by atoms with Gasteiger partial charge in [-0.05, 0) is 36.4 Å². The second-order valence-electron chi connectivity index (χ2n) is 9.24. The number of para-hydroxylation sites is 6. The molecule has 0 radical (unpaired) electrons. The molecule has 3 heterocycles. The molecule has 4 aromatic rings. The lowest BCUT2D eigenvalue weighted by Gasteiger charge is -2.51. The summed E-state index contributed by atoms with van der Waals surface area (Å²) in [6.45, 7) is 0. The number of rotatable bonds is 1. The Morgan fingerprint density at radius 2 is 1.22 bits per heavy atom. The molecule has 0 aromatic heterocycles. The van der Waals surface area contributed by atoms with E-state index in [4.69, 9.17) is 9.47 Å². The van der Waals surface area contributed by atoms with Gasteiger partial charge in [-0.25, -0.2) is 0 Å². The Morgan fingerprint density at radius 1 is 0.703 bits per heavy atom. The molecular weight excluding hydrogens is 466 g/mol. The third-order valence-corrected chi connectivity index (χ3v) is 7.30. The van der Waals surface area contributed by atoms with Crippen LogP contribution in [0.3, 0.4) is 0 Å². The fraction of sp³-hybridized carbons (Fsp3) is 0.133. The van der Waals surface area contributed by atoms with Crippen molar-refractivity contribution in [2.24, 2.45) is 5.92 Å². The van der Waals surface area contributed by atoms with Gasteiger partial charge in [0.1, 0.15) is 23.6 Å². The number of carbonyl (C=O) groups excluding carboxylic acids is 2. The molecule has 7 heteroatoms. The minimum Gasteiger partial charge on any atom is -0.455 e. The van der Waals surface area contributed by atoms with Crippen molar-refractivity contribution in [3.05, 3.63) is 108 Å². The van der Waals surface area contributed by atoms with Crippen LogP contribution in [0.2, 0.25) is 0 Å². The van der Waals surface area contributed by atoms with E-state index < -0.39 is 18.1 Å². The summed E-state index contributed by atoms with van der Waals surface area (Å²) < 4.78 is 12.8. The van der Waals surface area contributed by atoms with Gasteiger partial charge >= 0.3 is 0 Å². The third-order valence-electron chi connectivity index (χ3n) is 7.30. The van der Waals surface area contributed by atoms with E-state index in [0.29, 0.717) is 28.7 Å². The number of ether oxygens (including phenoxy) is 2. The maximum absolute atomic E-state index is 14.5. The van der Waals surface area contributed by atoms with Gasteiger partial charge in [0.05, 0.1) is 17.4 Å². The van der Waals surface area contributed by atoms with Gasteiger partial charge in [0.15, 0.2) is 11.5 Å². The molecule has 1 N–H and O–H groups in total. The number of nitrogens with one attached hydrogen (secondary N) is 1. The molecule has 3 aliphatic rings. The topological polar surface area (TPSA) is 71.1 Å². The van der Waals surface area contributed by atoms with Crippen LogP contribution in [0.15, 0.2) is 97.1 Å². The Kier molecular flexibility index (Phi) is 4.72. The fourth-order valence-electron chi connectivity index (χ4n) is 5.74. The summed E-state index contributed by atoms with van der Waals surface area (Å²) in [5.41, 5.74) is 2.99. The molecule has 3 aliphatic heterocycles. The first kappa shape index (κ1) is 21.5. The number of carbonyl (C=O) groups is 2. The third kappa shape index (κ3) is 3.07. The van der Waals surface area contributed by atoms with E-state index in [1.54, 1.807) is 11.9 Å². The summed E-state index contributed by atoms with van der Waals surface area (Å²) >= 11 is 0. The van der Waals surface area contributed by atoms with Crippen LogP contribution in [0.25, 0.3) is 0 Å². The van der Waals surface area contributed by atoms with E-state index in [-0.39, 0.29) is 11.8 Å². The molecule has 1 saturated heterocycles. The monoisotopic (exact) mass is 489 g/mol. The highest BCUT2D eigenvalue weighted by Gasteiger charge is 2.55. The maximum atomic E-state index is 14.5. The normalized spacial score (nSPS) is 20.8. The second-order valence-corrected chi connectivity index (χ2v) is 9.24. The minimum atomic E-state index is -1.03. The first-order valence-electron chi connectivity index (χ1n) is 12.2. The zero-order chi connectivity index (χ0) is 25.1. The van der Waals surface area contributed by atoms with Crippen molar-refractivity contribution in [3.63, 3.8) is 0 Å². The average molecular weight is 490 g/mol. The van der Waals surface area contributed by atoms with Gasteiger partial charge in [-0.1, -0.05) is 60.7 Å². The van der Waals surface area contributed by atoms with E-state index in [0.717, 1.165) is 16.8 Å². The number of hydrogen-bond acceptors (Lipinski definition) is 5. The van der Waals surface area contributed by atoms with E-state index >= 15 is 0 Å². The highest BCUT2D eigenvalue weighted by atomic mass is 16.5. The van der Waals surface area contributed by atoms with Crippen LogP contribution in [-0.4, -0.2) is 18.9 Å². The molecule has 0 saturated carbocycles. The summed E-state index contributed by atoms with van der Waals surface area (Å²) in [5, 5.41) is 2.74. The van der Waals surface area contributed by atoms with Crippen molar-refractivity contribution >= 4 is 23.2 Å². The zero-order valence-electron chi connectivity index (χ0n) is 20.0. The lowest BCUT2D eigenvalue weighted by atomic mass is 9.84. The van der Waals surface area contributed by atoms with Gasteiger partial charge in [-0.3, -0.25) is 14.5 Å². The fourth-order valence-corrected chi connectivity index (χ4v) is 5.74. The SMILES string of the molecule is CNC(=O)C1C(=O)N2c3ccccc3Oc3ccccc3C2N2c3ccccc3Oc3ccccc3C12. The average Bonchev–Trinajstić information content (AvgIpc) is 3.17. The number of anilines is 2. The first-order chi connectivity index (χ1) is 18.2. The Balaban J connectivity index is 1.60. The Morgan fingerprint density at radius 3 is 1.89 bits per heavy atom. The zero-order valence-corrected chi connectivity index (χ0v) is 20.0. The van der Waals surface area contributed by atoms with Crippen molar-refractivity contribution in [1.29, 1.82) is 0 Å². The Hall–Kier alpha value is -4.78. The Labute approximate surface area is 213 Å². The highest BCUT2D eigenvalue weighted by molar-refractivity contribution is 6.11. The first-order valence-corrected chi connectivity index (χ1v) is 12.2. The van der Waals surface area contributed by atoms with Crippen molar-refractivity contribution in [3.8, 4) is 23.0 Å². The van der Waals surface area contributed by atoms with Crippen LogP contribution in [-0.2, 0) is 9.59 Å². The summed E-state index contributed by atoms with van der Waals surface area (Å²) in [6, 6.07) is 30.0. The molecule has 4 aromatic carbocycles. The largest absolute Gasteiger partial charge is 0.455 e. The molecule has 0 bridgehead atoms. The predicted molar refractivity (Wildman–Crippen MR) is 139 cm³/mol. The van der Waals surface area contributed by atoms with Gasteiger partial charge < -0.3 is 19.7 Å². The van der Waals surface area contributed by atoms with Crippen molar-refractivity contribution in [2.75, 3.05) is 16.8 Å². The number of amides is 2. The lowest BCUT2D eigenvalue weighted by Crippen LogP contribution is -2.60. The molecule has 0 aliphatic carbocycles. The van der Waals surface area contributed by atoms with Crippen LogP contribution >= 0.6 is 0 Å². The number of fused-ring (bicyclic) bond motifs is 11. The highest BCUT2D eigenvalue weighted by Crippen LogP contribution is 2.57. The molecule has 37 heavy (non-hydrogen) atoms. The van der Waals surface area contributed by atoms with E-state index in [9.17, 15) is 9.59 Å². The van der Waals surface area contributed by atoms with Crippen LogP contribution in [0, 0.1) is 5.92 Å². The number of benzene rings is 4. The van der Waals surface area contributed by atoms with E-state index in [1.807, 2.05) is 97.1 Å². The standard InChI is InChI=1S/C30H23N3O4/c1-31-28(34)26-27-18-10-2-6-14-22(18)36-24-16-8-4-12-20(24)32(27)29-19-11-3-7-15-23(19)37-25-17-9-5-13-21(25)33(29)30(26)35/h2-17,26-27,29H,1H3,(H,31,34). The van der Waals surface area contributed by atoms with Crippen molar-refractivity contribution in [1.82, 2.24) is 5.32 Å². The van der Waals surface area contributed by atoms with Gasteiger partial charge in [0.2, 0.25) is 11.8 Å². The van der Waals surface area contributed by atoms with Crippen LogP contribution in [0.4, 0.5) is 11.4 Å². The van der Waals surface area contributed by atoms with Gasteiger partial charge in [-0.15, -0.1) is 0 Å². The van der Waals surface area contributed by atoms with E-state index in [1.165, 1.54) is 0 Å².